The highest BCUT2D eigenvalue weighted by Gasteiger charge is 2.13. The first kappa shape index (κ1) is 15.9. The van der Waals surface area contributed by atoms with Crippen LogP contribution in [0.5, 0.6) is 5.75 Å². The van der Waals surface area contributed by atoms with E-state index in [0.717, 1.165) is 18.8 Å². The predicted molar refractivity (Wildman–Crippen MR) is 85.2 cm³/mol. The quantitative estimate of drug-likeness (QED) is 0.723. The lowest BCUT2D eigenvalue weighted by atomic mass is 10.2. The highest BCUT2D eigenvalue weighted by molar-refractivity contribution is 6.35. The maximum atomic E-state index is 6.05. The summed E-state index contributed by atoms with van der Waals surface area (Å²) in [7, 11) is 0. The van der Waals surface area contributed by atoms with Gasteiger partial charge in [-0.25, -0.2) is 0 Å². The Bertz CT molecular complexity index is 405. The van der Waals surface area contributed by atoms with Crippen molar-refractivity contribution in [3.05, 3.63) is 28.2 Å². The molecule has 1 fully saturated rings. The first-order valence-corrected chi connectivity index (χ1v) is 8.43. The van der Waals surface area contributed by atoms with E-state index in [1.165, 1.54) is 51.7 Å². The van der Waals surface area contributed by atoms with E-state index in [-0.39, 0.29) is 0 Å². The average molecular weight is 317 g/mol. The molecule has 0 aliphatic carbocycles. The summed E-state index contributed by atoms with van der Waals surface area (Å²) in [6.07, 6.45) is 7.82. The Kier molecular flexibility index (Phi) is 6.98. The molecule has 1 heterocycles. The second-order valence-electron chi connectivity index (χ2n) is 5.54. The zero-order valence-electron chi connectivity index (χ0n) is 12.0. The van der Waals surface area contributed by atoms with E-state index in [9.17, 15) is 0 Å². The number of ether oxygens (including phenoxy) is 1. The van der Waals surface area contributed by atoms with Crippen LogP contribution in [0.15, 0.2) is 18.2 Å². The summed E-state index contributed by atoms with van der Waals surface area (Å²) in [5.74, 6) is 0.734. The molecular weight excluding hydrogens is 293 g/mol. The molecule has 1 aliphatic heterocycles. The van der Waals surface area contributed by atoms with E-state index in [1.54, 1.807) is 11.0 Å². The molecule has 2 nitrogen and oxygen atoms in total. The van der Waals surface area contributed by atoms with E-state index < -0.39 is 0 Å². The molecule has 1 aromatic carbocycles. The zero-order valence-corrected chi connectivity index (χ0v) is 13.5. The molecule has 4 heteroatoms. The first-order chi connectivity index (χ1) is 9.75. The van der Waals surface area contributed by atoms with Gasteiger partial charge in [-0.2, -0.15) is 0 Å². The summed E-state index contributed by atoms with van der Waals surface area (Å²) in [5.41, 5.74) is 0. The summed E-state index contributed by atoms with van der Waals surface area (Å²) in [4.78, 5) is 1.80. The lowest BCUT2D eigenvalue weighted by Crippen LogP contribution is -3.09. The van der Waals surface area contributed by atoms with Gasteiger partial charge in [0.2, 0.25) is 0 Å². The third-order valence-electron chi connectivity index (χ3n) is 3.89. The van der Waals surface area contributed by atoms with E-state index >= 15 is 0 Å². The Morgan fingerprint density at radius 2 is 1.75 bits per heavy atom. The van der Waals surface area contributed by atoms with Crippen molar-refractivity contribution in [1.29, 1.82) is 0 Å². The van der Waals surface area contributed by atoms with Crippen LogP contribution in [0, 0.1) is 0 Å². The highest BCUT2D eigenvalue weighted by atomic mass is 35.5. The maximum absolute atomic E-state index is 6.05. The molecule has 0 aromatic heterocycles. The monoisotopic (exact) mass is 316 g/mol. The minimum atomic E-state index is 0.593. The van der Waals surface area contributed by atoms with Gasteiger partial charge in [-0.1, -0.05) is 23.2 Å². The molecule has 0 amide bonds. The molecular formula is C16H24Cl2NO+. The van der Waals surface area contributed by atoms with Gasteiger partial charge < -0.3 is 9.64 Å². The lowest BCUT2D eigenvalue weighted by Gasteiger charge is -2.11. The van der Waals surface area contributed by atoms with Crippen molar-refractivity contribution in [3.8, 4) is 5.75 Å². The van der Waals surface area contributed by atoms with E-state index in [4.69, 9.17) is 27.9 Å². The fraction of sp³-hybridized carbons (Fsp3) is 0.625. The van der Waals surface area contributed by atoms with Crippen molar-refractivity contribution < 1.29 is 9.64 Å². The van der Waals surface area contributed by atoms with Crippen LogP contribution < -0.4 is 9.64 Å². The predicted octanol–water partition coefficient (Wildman–Crippen LogP) is 3.61. The molecule has 0 atom stereocenters. The number of hydrogen-bond acceptors (Lipinski definition) is 1. The van der Waals surface area contributed by atoms with Crippen LogP contribution in [0.1, 0.15) is 38.5 Å². The second-order valence-corrected chi connectivity index (χ2v) is 6.39. The van der Waals surface area contributed by atoms with Gasteiger partial charge in [-0.05, 0) is 43.9 Å². The van der Waals surface area contributed by atoms with Crippen LogP contribution in [-0.4, -0.2) is 26.2 Å². The highest BCUT2D eigenvalue weighted by Crippen LogP contribution is 2.27. The first-order valence-electron chi connectivity index (χ1n) is 7.67. The van der Waals surface area contributed by atoms with Crippen molar-refractivity contribution >= 4 is 23.2 Å². The van der Waals surface area contributed by atoms with Crippen molar-refractivity contribution in [2.24, 2.45) is 0 Å². The van der Waals surface area contributed by atoms with Gasteiger partial charge in [0.05, 0.1) is 31.3 Å². The topological polar surface area (TPSA) is 13.7 Å². The Hall–Kier alpha value is -0.440. The molecule has 0 bridgehead atoms. The molecule has 20 heavy (non-hydrogen) atoms. The standard InChI is InChI=1S/C16H23Cl2NO/c17-14-7-8-16(15(18)13-14)20-12-6-2-1-3-9-19-10-4-5-11-19/h7-8,13H,1-6,9-12H2/p+1. The van der Waals surface area contributed by atoms with Crippen molar-refractivity contribution in [1.82, 2.24) is 0 Å². The summed E-state index contributed by atoms with van der Waals surface area (Å²) in [6, 6.07) is 5.36. The van der Waals surface area contributed by atoms with Gasteiger partial charge >= 0.3 is 0 Å². The van der Waals surface area contributed by atoms with Gasteiger partial charge in [0, 0.05) is 17.9 Å². The third-order valence-corrected chi connectivity index (χ3v) is 4.42. The van der Waals surface area contributed by atoms with Crippen LogP contribution >= 0.6 is 23.2 Å². The van der Waals surface area contributed by atoms with E-state index in [0.29, 0.717) is 10.0 Å². The Morgan fingerprint density at radius 1 is 1.00 bits per heavy atom. The largest absolute Gasteiger partial charge is 0.492 e. The van der Waals surface area contributed by atoms with Crippen molar-refractivity contribution in [2.45, 2.75) is 38.5 Å². The minimum absolute atomic E-state index is 0.593. The maximum Gasteiger partial charge on any atom is 0.137 e. The molecule has 0 saturated carbocycles. The van der Waals surface area contributed by atoms with Gasteiger partial charge in [0.1, 0.15) is 5.75 Å². The van der Waals surface area contributed by atoms with Gasteiger partial charge in [-0.3, -0.25) is 0 Å². The van der Waals surface area contributed by atoms with Crippen molar-refractivity contribution in [3.63, 3.8) is 0 Å². The van der Waals surface area contributed by atoms with Gasteiger partial charge in [0.25, 0.3) is 0 Å². The summed E-state index contributed by atoms with van der Waals surface area (Å²) < 4.78 is 5.68. The molecule has 1 saturated heterocycles. The number of nitrogens with one attached hydrogen (secondary N) is 1. The molecule has 0 radical (unpaired) electrons. The van der Waals surface area contributed by atoms with Crippen LogP contribution in [0.2, 0.25) is 10.0 Å². The normalized spacial score (nSPS) is 15.7. The second kappa shape index (κ2) is 8.76. The third kappa shape index (κ3) is 5.51. The van der Waals surface area contributed by atoms with Crippen LogP contribution in [0.25, 0.3) is 0 Å². The number of halogens is 2. The Balaban J connectivity index is 1.50. The number of likely N-dealkylation sites (tertiary alicyclic amines) is 1. The molecule has 112 valence electrons. The van der Waals surface area contributed by atoms with Crippen molar-refractivity contribution in [2.75, 3.05) is 26.2 Å². The lowest BCUT2D eigenvalue weighted by molar-refractivity contribution is -0.887. The molecule has 0 unspecified atom stereocenters. The SMILES string of the molecule is Clc1ccc(OCCCCCC[NH+]2CCCC2)c(Cl)c1. The van der Waals surface area contributed by atoms with Crippen LogP contribution in [0.3, 0.4) is 0 Å². The average Bonchev–Trinajstić information content (AvgIpc) is 2.93. The number of hydrogen-bond donors (Lipinski definition) is 1. The van der Waals surface area contributed by atoms with Gasteiger partial charge in [0.15, 0.2) is 0 Å². The van der Waals surface area contributed by atoms with E-state index in [2.05, 4.69) is 0 Å². The van der Waals surface area contributed by atoms with Crippen LogP contribution in [-0.2, 0) is 0 Å². The van der Waals surface area contributed by atoms with Crippen LogP contribution in [0.4, 0.5) is 0 Å². The molecule has 1 aromatic rings. The number of benzene rings is 1. The number of unbranched alkanes of at least 4 members (excludes halogenated alkanes) is 3. The zero-order chi connectivity index (χ0) is 14.2. The summed E-state index contributed by atoms with van der Waals surface area (Å²) in [6.45, 7) is 4.86. The molecule has 0 spiro atoms. The summed E-state index contributed by atoms with van der Waals surface area (Å²) >= 11 is 11.9. The molecule has 2 rings (SSSR count). The molecule has 1 N–H and O–H groups in total. The number of rotatable bonds is 8. The number of quaternary nitrogens is 1. The smallest absolute Gasteiger partial charge is 0.137 e. The fourth-order valence-corrected chi connectivity index (χ4v) is 3.19. The fourth-order valence-electron chi connectivity index (χ4n) is 2.73. The Morgan fingerprint density at radius 3 is 2.50 bits per heavy atom. The summed E-state index contributed by atoms with van der Waals surface area (Å²) in [5, 5.41) is 1.24. The van der Waals surface area contributed by atoms with Gasteiger partial charge in [-0.15, -0.1) is 0 Å². The molecule has 1 aliphatic rings. The Labute approximate surface area is 132 Å². The minimum Gasteiger partial charge on any atom is -0.492 e. The van der Waals surface area contributed by atoms with E-state index in [1.807, 2.05) is 12.1 Å².